The summed E-state index contributed by atoms with van der Waals surface area (Å²) in [4.78, 5) is 23.4. The number of nitro groups is 1. The molecule has 7 nitrogen and oxygen atoms in total. The molecule has 25 heavy (non-hydrogen) atoms. The number of carbonyl (C=O) groups is 1. The maximum absolute atomic E-state index is 12.5. The third-order valence-corrected chi connectivity index (χ3v) is 4.27. The third-order valence-electron chi connectivity index (χ3n) is 4.27. The summed E-state index contributed by atoms with van der Waals surface area (Å²) in [5.74, 6) is 0.536. The second-order valence-corrected chi connectivity index (χ2v) is 5.79. The highest BCUT2D eigenvalue weighted by Crippen LogP contribution is 2.39. The number of rotatable bonds is 2. The Kier molecular flexibility index (Phi) is 3.42. The van der Waals surface area contributed by atoms with Gasteiger partial charge < -0.3 is 14.6 Å². The van der Waals surface area contributed by atoms with Gasteiger partial charge in [0.05, 0.1) is 16.6 Å². The quantitative estimate of drug-likeness (QED) is 0.513. The predicted octanol–water partition coefficient (Wildman–Crippen LogP) is 2.89. The topological polar surface area (TPSA) is 98.9 Å². The fraction of sp³-hybridized carbons (Fsp3) is 0.167. The Morgan fingerprint density at radius 1 is 1.16 bits per heavy atom. The number of hydrogen-bond donors (Lipinski definition) is 1. The number of hydrogen-bond acceptors (Lipinski definition) is 6. The lowest BCUT2D eigenvalue weighted by molar-refractivity contribution is -0.385. The smallest absolute Gasteiger partial charge is 0.280 e. The van der Waals surface area contributed by atoms with Gasteiger partial charge in [0.25, 0.3) is 5.69 Å². The first-order valence-electron chi connectivity index (χ1n) is 7.69. The molecule has 0 saturated carbocycles. The fourth-order valence-corrected chi connectivity index (χ4v) is 3.09. The van der Waals surface area contributed by atoms with Crippen LogP contribution in [0.2, 0.25) is 0 Å². The zero-order valence-corrected chi connectivity index (χ0v) is 13.0. The molecule has 2 aromatic rings. The van der Waals surface area contributed by atoms with Crippen molar-refractivity contribution in [3.05, 3.63) is 62.7 Å². The Bertz CT molecular complexity index is 947. The lowest BCUT2D eigenvalue weighted by atomic mass is 10.1. The predicted molar refractivity (Wildman–Crippen MR) is 88.2 cm³/mol. The lowest BCUT2D eigenvalue weighted by Crippen LogP contribution is -2.15. The van der Waals surface area contributed by atoms with E-state index in [1.54, 1.807) is 12.1 Å². The van der Waals surface area contributed by atoms with E-state index in [1.165, 1.54) is 24.3 Å². The van der Waals surface area contributed by atoms with Crippen LogP contribution < -0.4 is 9.47 Å². The van der Waals surface area contributed by atoms with Gasteiger partial charge in [-0.25, -0.2) is 0 Å². The van der Waals surface area contributed by atoms with Crippen LogP contribution in [0.1, 0.15) is 21.5 Å². The van der Waals surface area contributed by atoms with Gasteiger partial charge in [-0.05, 0) is 18.2 Å². The average molecular weight is 339 g/mol. The van der Waals surface area contributed by atoms with Gasteiger partial charge in [-0.3, -0.25) is 14.9 Å². The van der Waals surface area contributed by atoms with Gasteiger partial charge >= 0.3 is 0 Å². The molecule has 1 heterocycles. The molecular weight excluding hydrogens is 326 g/mol. The molecule has 0 amide bonds. The first-order chi connectivity index (χ1) is 12.0. The summed E-state index contributed by atoms with van der Waals surface area (Å²) in [5.41, 5.74) is 1.45. The minimum absolute atomic E-state index is 0.0472. The summed E-state index contributed by atoms with van der Waals surface area (Å²) in [6.07, 6.45) is 1.71. The van der Waals surface area contributed by atoms with Crippen molar-refractivity contribution in [2.45, 2.75) is 6.42 Å². The highest BCUT2D eigenvalue weighted by molar-refractivity contribution is 6.16. The average Bonchev–Trinajstić information content (AvgIpc) is 2.92. The number of benzene rings is 2. The zero-order chi connectivity index (χ0) is 17.6. The highest BCUT2D eigenvalue weighted by Gasteiger charge is 2.29. The van der Waals surface area contributed by atoms with Crippen LogP contribution in [-0.2, 0) is 6.42 Å². The molecule has 1 aliphatic carbocycles. The van der Waals surface area contributed by atoms with Gasteiger partial charge in [-0.2, -0.15) is 0 Å². The van der Waals surface area contributed by atoms with Crippen LogP contribution in [0.3, 0.4) is 0 Å². The third kappa shape index (κ3) is 2.50. The van der Waals surface area contributed by atoms with Crippen molar-refractivity contribution >= 4 is 17.5 Å². The number of phenolic OH excluding ortho intramolecular Hbond substituents is 1. The summed E-state index contributed by atoms with van der Waals surface area (Å²) >= 11 is 0. The number of carbonyl (C=O) groups excluding carboxylic acids is 1. The molecule has 4 rings (SSSR count). The van der Waals surface area contributed by atoms with Crippen molar-refractivity contribution in [3.8, 4) is 17.2 Å². The molecule has 1 N–H and O–H groups in total. The number of allylic oxidation sites excluding steroid dienone is 1. The van der Waals surface area contributed by atoms with Gasteiger partial charge in [0.2, 0.25) is 0 Å². The van der Waals surface area contributed by atoms with E-state index in [-0.39, 0.29) is 29.2 Å². The van der Waals surface area contributed by atoms with Crippen molar-refractivity contribution in [1.82, 2.24) is 0 Å². The van der Waals surface area contributed by atoms with Crippen LogP contribution in [0.5, 0.6) is 17.2 Å². The Balaban J connectivity index is 1.81. The van der Waals surface area contributed by atoms with Gasteiger partial charge in [0.15, 0.2) is 17.3 Å². The van der Waals surface area contributed by atoms with E-state index < -0.39 is 4.92 Å². The van der Waals surface area contributed by atoms with Crippen molar-refractivity contribution < 1.29 is 24.3 Å². The molecular formula is C18H13NO6. The SMILES string of the molecule is O=C1/C(=C/c2cc3c(cc2[N+](=O)[O-])OCCO3)Cc2c(O)cccc21. The van der Waals surface area contributed by atoms with Crippen molar-refractivity contribution in [2.75, 3.05) is 13.2 Å². The second-order valence-electron chi connectivity index (χ2n) is 5.79. The first kappa shape index (κ1) is 15.2. The molecule has 126 valence electrons. The normalized spacial score (nSPS) is 16.8. The number of nitrogens with zero attached hydrogens (tertiary/aromatic N) is 1. The van der Waals surface area contributed by atoms with Gasteiger partial charge in [-0.1, -0.05) is 12.1 Å². The van der Waals surface area contributed by atoms with Gasteiger partial charge in [0, 0.05) is 23.1 Å². The maximum atomic E-state index is 12.5. The van der Waals surface area contributed by atoms with Crippen LogP contribution >= 0.6 is 0 Å². The number of Topliss-reactive ketones (excluding diaryl/α,β-unsaturated/α-hetero) is 1. The molecule has 0 radical (unpaired) electrons. The van der Waals surface area contributed by atoms with Crippen LogP contribution in [0, 0.1) is 10.1 Å². The standard InChI is InChI=1S/C18H13NO6/c20-15-3-1-2-12-13(15)7-11(18(12)21)6-10-8-16-17(25-5-4-24-16)9-14(10)19(22)23/h1-3,6,8-9,20H,4-5,7H2/b11-6+. The van der Waals surface area contributed by atoms with Crippen LogP contribution in [-0.4, -0.2) is 29.0 Å². The molecule has 2 aromatic carbocycles. The van der Waals surface area contributed by atoms with E-state index in [1.807, 2.05) is 0 Å². The zero-order valence-electron chi connectivity index (χ0n) is 13.0. The minimum Gasteiger partial charge on any atom is -0.508 e. The van der Waals surface area contributed by atoms with Crippen molar-refractivity contribution in [3.63, 3.8) is 0 Å². The number of aromatic hydroxyl groups is 1. The monoisotopic (exact) mass is 339 g/mol. The van der Waals surface area contributed by atoms with Gasteiger partial charge in [0.1, 0.15) is 19.0 Å². The molecule has 2 aliphatic rings. The van der Waals surface area contributed by atoms with E-state index in [2.05, 4.69) is 0 Å². The van der Waals surface area contributed by atoms with Gasteiger partial charge in [-0.15, -0.1) is 0 Å². The molecule has 0 bridgehead atoms. The number of fused-ring (bicyclic) bond motifs is 2. The lowest BCUT2D eigenvalue weighted by Gasteiger charge is -2.18. The summed E-state index contributed by atoms with van der Waals surface area (Å²) in [7, 11) is 0. The number of ether oxygens (including phenoxy) is 2. The van der Waals surface area contributed by atoms with Crippen LogP contribution in [0.4, 0.5) is 5.69 Å². The van der Waals surface area contributed by atoms with E-state index in [0.717, 1.165) is 0 Å². The Hall–Kier alpha value is -3.35. The van der Waals surface area contributed by atoms with E-state index >= 15 is 0 Å². The molecule has 0 fully saturated rings. The Labute approximate surface area is 142 Å². The summed E-state index contributed by atoms with van der Waals surface area (Å²) in [6.45, 7) is 0.691. The molecule has 7 heteroatoms. The number of nitro benzene ring substituents is 1. The molecule has 0 spiro atoms. The fourth-order valence-electron chi connectivity index (χ4n) is 3.09. The Morgan fingerprint density at radius 2 is 1.88 bits per heavy atom. The Morgan fingerprint density at radius 3 is 2.56 bits per heavy atom. The van der Waals surface area contributed by atoms with Crippen molar-refractivity contribution in [1.29, 1.82) is 0 Å². The molecule has 0 unspecified atom stereocenters. The summed E-state index contributed by atoms with van der Waals surface area (Å²) in [6, 6.07) is 7.57. The van der Waals surface area contributed by atoms with E-state index in [9.17, 15) is 20.0 Å². The van der Waals surface area contributed by atoms with Crippen LogP contribution in [0.25, 0.3) is 6.08 Å². The molecule has 0 aromatic heterocycles. The summed E-state index contributed by atoms with van der Waals surface area (Å²) < 4.78 is 10.8. The van der Waals surface area contributed by atoms with E-state index in [4.69, 9.17) is 9.47 Å². The first-order valence-corrected chi connectivity index (χ1v) is 7.69. The number of ketones is 1. The molecule has 0 atom stereocenters. The maximum Gasteiger partial charge on any atom is 0.280 e. The molecule has 1 aliphatic heterocycles. The van der Waals surface area contributed by atoms with Crippen LogP contribution in [0.15, 0.2) is 35.9 Å². The van der Waals surface area contributed by atoms with E-state index in [0.29, 0.717) is 41.4 Å². The number of phenols is 1. The second kappa shape index (κ2) is 5.62. The van der Waals surface area contributed by atoms with Crippen molar-refractivity contribution in [2.24, 2.45) is 0 Å². The largest absolute Gasteiger partial charge is 0.508 e. The summed E-state index contributed by atoms with van der Waals surface area (Å²) in [5, 5.41) is 21.3. The highest BCUT2D eigenvalue weighted by atomic mass is 16.6. The minimum atomic E-state index is -0.519. The molecule has 0 saturated heterocycles.